The van der Waals surface area contributed by atoms with Crippen molar-refractivity contribution in [3.63, 3.8) is 0 Å². The molecule has 2 N–H and O–H groups in total. The molecule has 0 aromatic heterocycles. The predicted molar refractivity (Wildman–Crippen MR) is 93.5 cm³/mol. The van der Waals surface area contributed by atoms with Crippen molar-refractivity contribution in [2.45, 2.75) is 72.1 Å². The van der Waals surface area contributed by atoms with Crippen LogP contribution in [0, 0.1) is 52.8 Å². The third kappa shape index (κ3) is 2.30. The highest BCUT2D eigenvalue weighted by Gasteiger charge is 2.56. The second-order valence-electron chi connectivity index (χ2n) is 9.98. The van der Waals surface area contributed by atoms with E-state index in [1.54, 1.807) is 0 Å². The van der Waals surface area contributed by atoms with Crippen molar-refractivity contribution < 1.29 is 4.79 Å². The average Bonchev–Trinajstić information content (AvgIpc) is 2.94. The Morgan fingerprint density at radius 3 is 2.13 bits per heavy atom. The van der Waals surface area contributed by atoms with E-state index >= 15 is 0 Å². The van der Waals surface area contributed by atoms with E-state index < -0.39 is 0 Å². The van der Waals surface area contributed by atoms with Crippen LogP contribution in [0.2, 0.25) is 0 Å². The second kappa shape index (κ2) is 5.49. The first-order valence-corrected chi connectivity index (χ1v) is 10.2. The number of carbonyl (C=O) groups is 1. The molecule has 0 saturated heterocycles. The quantitative estimate of drug-likeness (QED) is 0.753. The van der Waals surface area contributed by atoms with E-state index in [2.05, 4.69) is 20.8 Å². The first-order valence-electron chi connectivity index (χ1n) is 10.2. The van der Waals surface area contributed by atoms with E-state index in [0.717, 1.165) is 41.9 Å². The molecule has 2 heteroatoms. The number of hydrogen-bond acceptors (Lipinski definition) is 1. The molecule has 0 aromatic carbocycles. The van der Waals surface area contributed by atoms with Crippen molar-refractivity contribution in [1.29, 1.82) is 0 Å². The van der Waals surface area contributed by atoms with E-state index in [-0.39, 0.29) is 11.8 Å². The van der Waals surface area contributed by atoms with Crippen LogP contribution in [0.3, 0.4) is 0 Å². The molecule has 4 aliphatic rings. The number of carbonyl (C=O) groups excluding carboxylic acids is 1. The van der Waals surface area contributed by atoms with Gasteiger partial charge in [-0.05, 0) is 98.2 Å². The molecule has 8 atom stereocenters. The smallest absolute Gasteiger partial charge is 0.220 e. The van der Waals surface area contributed by atoms with Gasteiger partial charge in [-0.15, -0.1) is 0 Å². The number of fused-ring (bicyclic) bond motifs is 5. The van der Waals surface area contributed by atoms with Gasteiger partial charge in [-0.2, -0.15) is 0 Å². The molecule has 4 saturated carbocycles. The largest absolute Gasteiger partial charge is 0.369 e. The van der Waals surface area contributed by atoms with Crippen molar-refractivity contribution in [2.75, 3.05) is 0 Å². The maximum Gasteiger partial charge on any atom is 0.220 e. The fourth-order valence-electron chi connectivity index (χ4n) is 7.77. The molecule has 1 amide bonds. The van der Waals surface area contributed by atoms with Crippen LogP contribution in [0.4, 0.5) is 0 Å². The summed E-state index contributed by atoms with van der Waals surface area (Å²) in [6, 6.07) is 0. The van der Waals surface area contributed by atoms with E-state index in [9.17, 15) is 4.79 Å². The van der Waals surface area contributed by atoms with Crippen molar-refractivity contribution in [3.8, 4) is 0 Å². The minimum atomic E-state index is -0.0174. The summed E-state index contributed by atoms with van der Waals surface area (Å²) in [5, 5.41) is 0. The highest BCUT2D eigenvalue weighted by Crippen LogP contribution is 2.63. The van der Waals surface area contributed by atoms with Crippen LogP contribution in [0.5, 0.6) is 0 Å². The number of primary amides is 1. The monoisotopic (exact) mass is 317 g/mol. The zero-order chi connectivity index (χ0) is 16.4. The molecular weight excluding hydrogens is 282 g/mol. The Hall–Kier alpha value is -0.530. The van der Waals surface area contributed by atoms with Gasteiger partial charge in [0, 0.05) is 5.92 Å². The zero-order valence-corrected chi connectivity index (χ0v) is 15.3. The topological polar surface area (TPSA) is 43.1 Å². The standard InChI is InChI=1S/C21H35NO/c1-12-4-5-13-6-7-15-14-9-11-18(20(22)23)16(14)8-10-17(15)19(13)21(12,2)3/h12-19H,4-11H2,1-3H3,(H2,22,23). The Morgan fingerprint density at radius 1 is 0.826 bits per heavy atom. The summed E-state index contributed by atoms with van der Waals surface area (Å²) in [6.07, 6.45) is 10.8. The van der Waals surface area contributed by atoms with Crippen molar-refractivity contribution in [1.82, 2.24) is 0 Å². The molecule has 0 radical (unpaired) electrons. The Kier molecular flexibility index (Phi) is 3.81. The normalized spacial score (nSPS) is 51.4. The van der Waals surface area contributed by atoms with Gasteiger partial charge >= 0.3 is 0 Å². The van der Waals surface area contributed by atoms with Crippen LogP contribution in [0.25, 0.3) is 0 Å². The summed E-state index contributed by atoms with van der Waals surface area (Å²) in [4.78, 5) is 11.8. The molecule has 0 bridgehead atoms. The first-order chi connectivity index (χ1) is 10.9. The van der Waals surface area contributed by atoms with Gasteiger partial charge in [0.1, 0.15) is 0 Å². The first kappa shape index (κ1) is 16.0. The van der Waals surface area contributed by atoms with Gasteiger partial charge in [-0.25, -0.2) is 0 Å². The maximum atomic E-state index is 11.8. The summed E-state index contributed by atoms with van der Waals surface area (Å²) >= 11 is 0. The van der Waals surface area contributed by atoms with Gasteiger partial charge < -0.3 is 5.73 Å². The van der Waals surface area contributed by atoms with Gasteiger partial charge in [0.2, 0.25) is 5.91 Å². The molecule has 2 nitrogen and oxygen atoms in total. The fourth-order valence-corrected chi connectivity index (χ4v) is 7.77. The summed E-state index contributed by atoms with van der Waals surface area (Å²) in [5.74, 6) is 6.19. The number of rotatable bonds is 1. The van der Waals surface area contributed by atoms with E-state index in [0.29, 0.717) is 11.3 Å². The maximum absolute atomic E-state index is 11.8. The molecule has 8 unspecified atom stereocenters. The number of amides is 1. The number of hydrogen-bond donors (Lipinski definition) is 1. The lowest BCUT2D eigenvalue weighted by Gasteiger charge is -2.59. The van der Waals surface area contributed by atoms with Gasteiger partial charge in [-0.3, -0.25) is 4.79 Å². The molecular formula is C21H35NO. The molecule has 0 aliphatic heterocycles. The van der Waals surface area contributed by atoms with Crippen LogP contribution in [-0.4, -0.2) is 5.91 Å². The highest BCUT2D eigenvalue weighted by atomic mass is 16.1. The van der Waals surface area contributed by atoms with Gasteiger partial charge in [0.15, 0.2) is 0 Å². The molecule has 4 fully saturated rings. The third-order valence-corrected chi connectivity index (χ3v) is 9.12. The molecule has 0 aromatic rings. The predicted octanol–water partition coefficient (Wildman–Crippen LogP) is 4.62. The van der Waals surface area contributed by atoms with Crippen molar-refractivity contribution in [2.24, 2.45) is 58.5 Å². The minimum Gasteiger partial charge on any atom is -0.369 e. The lowest BCUT2D eigenvalue weighted by Crippen LogP contribution is -2.52. The van der Waals surface area contributed by atoms with E-state index in [1.807, 2.05) is 0 Å². The van der Waals surface area contributed by atoms with Gasteiger partial charge in [0.25, 0.3) is 0 Å². The molecule has 0 spiro atoms. The molecule has 23 heavy (non-hydrogen) atoms. The Morgan fingerprint density at radius 2 is 1.39 bits per heavy atom. The van der Waals surface area contributed by atoms with Crippen LogP contribution in [-0.2, 0) is 4.79 Å². The summed E-state index contributed by atoms with van der Waals surface area (Å²) in [5.41, 5.74) is 6.20. The SMILES string of the molecule is CC1CCC2CCC3C4CCC(C(N)=O)C4CCC3C2C1(C)C. The molecule has 4 aliphatic carbocycles. The average molecular weight is 318 g/mol. The van der Waals surface area contributed by atoms with Crippen molar-refractivity contribution in [3.05, 3.63) is 0 Å². The third-order valence-electron chi connectivity index (χ3n) is 9.12. The lowest BCUT2D eigenvalue weighted by molar-refractivity contribution is -0.126. The highest BCUT2D eigenvalue weighted by molar-refractivity contribution is 5.77. The fraction of sp³-hybridized carbons (Fsp3) is 0.952. The Balaban J connectivity index is 1.60. The van der Waals surface area contributed by atoms with Gasteiger partial charge in [0.05, 0.1) is 0 Å². The van der Waals surface area contributed by atoms with Crippen LogP contribution in [0.1, 0.15) is 72.1 Å². The van der Waals surface area contributed by atoms with E-state index in [4.69, 9.17) is 5.73 Å². The van der Waals surface area contributed by atoms with E-state index in [1.165, 1.54) is 44.9 Å². The van der Waals surface area contributed by atoms with Crippen LogP contribution >= 0.6 is 0 Å². The van der Waals surface area contributed by atoms with Gasteiger partial charge in [-0.1, -0.05) is 20.8 Å². The summed E-state index contributed by atoms with van der Waals surface area (Å²) in [6.45, 7) is 7.61. The van der Waals surface area contributed by atoms with Crippen molar-refractivity contribution >= 4 is 5.91 Å². The minimum absolute atomic E-state index is 0.0174. The van der Waals surface area contributed by atoms with Crippen LogP contribution < -0.4 is 5.73 Å². The number of nitrogens with two attached hydrogens (primary N) is 1. The Bertz CT molecular complexity index is 484. The molecule has 130 valence electrons. The lowest BCUT2D eigenvalue weighted by atomic mass is 9.46. The molecule has 4 rings (SSSR count). The Labute approximate surface area is 142 Å². The summed E-state index contributed by atoms with van der Waals surface area (Å²) in [7, 11) is 0. The second-order valence-corrected chi connectivity index (χ2v) is 9.98. The van der Waals surface area contributed by atoms with Crippen LogP contribution in [0.15, 0.2) is 0 Å². The molecule has 0 heterocycles. The summed E-state index contributed by atoms with van der Waals surface area (Å²) < 4.78 is 0. The zero-order valence-electron chi connectivity index (χ0n) is 15.3.